The number of nitrogen functional groups attached to an aromatic ring is 1. The van der Waals surface area contributed by atoms with Crippen molar-refractivity contribution in [2.75, 3.05) is 38.6 Å². The molecule has 0 atom stereocenters. The van der Waals surface area contributed by atoms with E-state index >= 15 is 0 Å². The summed E-state index contributed by atoms with van der Waals surface area (Å²) in [5, 5.41) is 0. The Morgan fingerprint density at radius 3 is 2.33 bits per heavy atom. The molecule has 2 aromatic carbocycles. The van der Waals surface area contributed by atoms with Crippen LogP contribution in [0, 0.1) is 6.92 Å². The maximum atomic E-state index is 13.7. The first-order chi connectivity index (χ1) is 15.9. The first kappa shape index (κ1) is 21.8. The lowest BCUT2D eigenvalue weighted by Crippen LogP contribution is -2.37. The summed E-state index contributed by atoms with van der Waals surface area (Å²) in [5.74, 6) is 0.183. The standard InChI is InChI=1S/C24H27N5O3S/c1-17-7-9-18(10-8-17)33(30,31)22-21-24(27-20-6-3-2-5-19(20)26-21)29(23(22)25)12-4-11-28-13-15-32-16-14-28/h2-3,5-10H,4,11-16,25H2,1H3. The summed E-state index contributed by atoms with van der Waals surface area (Å²) in [6, 6.07) is 14.2. The normalized spacial score (nSPS) is 15.4. The smallest absolute Gasteiger partial charge is 0.212 e. The van der Waals surface area contributed by atoms with Crippen LogP contribution in [-0.2, 0) is 21.1 Å². The zero-order chi connectivity index (χ0) is 23.0. The van der Waals surface area contributed by atoms with E-state index in [-0.39, 0.29) is 15.6 Å². The average Bonchev–Trinajstić information content (AvgIpc) is 3.09. The zero-order valence-corrected chi connectivity index (χ0v) is 19.4. The lowest BCUT2D eigenvalue weighted by Gasteiger charge is -2.26. The minimum Gasteiger partial charge on any atom is -0.384 e. The van der Waals surface area contributed by atoms with Crippen molar-refractivity contribution in [1.82, 2.24) is 19.4 Å². The number of benzene rings is 2. The second-order valence-corrected chi connectivity index (χ2v) is 10.3. The molecule has 4 aromatic rings. The zero-order valence-electron chi connectivity index (χ0n) is 18.6. The number of hydrogen-bond donors (Lipinski definition) is 1. The first-order valence-corrected chi connectivity index (χ1v) is 12.6. The van der Waals surface area contributed by atoms with Crippen molar-refractivity contribution in [3.05, 3.63) is 54.1 Å². The van der Waals surface area contributed by atoms with Crippen LogP contribution in [0.5, 0.6) is 0 Å². The third-order valence-corrected chi connectivity index (χ3v) is 7.94. The Labute approximate surface area is 192 Å². The lowest BCUT2D eigenvalue weighted by molar-refractivity contribution is 0.0370. The van der Waals surface area contributed by atoms with Crippen LogP contribution in [0.25, 0.3) is 22.2 Å². The largest absolute Gasteiger partial charge is 0.384 e. The van der Waals surface area contributed by atoms with Crippen molar-refractivity contribution in [2.45, 2.75) is 29.7 Å². The number of rotatable bonds is 6. The van der Waals surface area contributed by atoms with Gasteiger partial charge in [0.1, 0.15) is 16.2 Å². The maximum Gasteiger partial charge on any atom is 0.212 e. The van der Waals surface area contributed by atoms with E-state index < -0.39 is 9.84 Å². The van der Waals surface area contributed by atoms with Crippen LogP contribution in [0.1, 0.15) is 12.0 Å². The second kappa shape index (κ2) is 8.74. The van der Waals surface area contributed by atoms with Gasteiger partial charge in [-0.15, -0.1) is 0 Å². The number of ether oxygens (including phenoxy) is 1. The molecular formula is C24H27N5O3S. The minimum absolute atomic E-state index is 0.0333. The Morgan fingerprint density at radius 2 is 1.64 bits per heavy atom. The van der Waals surface area contributed by atoms with Gasteiger partial charge < -0.3 is 15.0 Å². The topological polar surface area (TPSA) is 103 Å². The molecule has 0 amide bonds. The highest BCUT2D eigenvalue weighted by Crippen LogP contribution is 2.35. The van der Waals surface area contributed by atoms with Crippen molar-refractivity contribution in [2.24, 2.45) is 0 Å². The van der Waals surface area contributed by atoms with Crippen molar-refractivity contribution >= 4 is 37.9 Å². The Kier molecular flexibility index (Phi) is 5.77. The molecule has 0 bridgehead atoms. The molecule has 5 rings (SSSR count). The number of para-hydroxylation sites is 2. The number of morpholine rings is 1. The number of aryl methyl sites for hydroxylation is 2. The number of hydrogen-bond acceptors (Lipinski definition) is 7. The Balaban J connectivity index is 1.61. The van der Waals surface area contributed by atoms with Gasteiger partial charge in [0.05, 0.1) is 29.1 Å². The van der Waals surface area contributed by atoms with Gasteiger partial charge in [-0.2, -0.15) is 0 Å². The molecule has 33 heavy (non-hydrogen) atoms. The molecule has 0 unspecified atom stereocenters. The molecule has 1 fully saturated rings. The number of nitrogens with zero attached hydrogens (tertiary/aromatic N) is 4. The van der Waals surface area contributed by atoms with E-state index in [1.54, 1.807) is 28.8 Å². The molecule has 2 N–H and O–H groups in total. The summed E-state index contributed by atoms with van der Waals surface area (Å²) >= 11 is 0. The highest BCUT2D eigenvalue weighted by Gasteiger charge is 2.30. The van der Waals surface area contributed by atoms with E-state index in [2.05, 4.69) is 4.90 Å². The Hall–Kier alpha value is -3.01. The van der Waals surface area contributed by atoms with Crippen LogP contribution >= 0.6 is 0 Å². The summed E-state index contributed by atoms with van der Waals surface area (Å²) < 4.78 is 34.6. The highest BCUT2D eigenvalue weighted by molar-refractivity contribution is 7.92. The van der Waals surface area contributed by atoms with E-state index in [0.29, 0.717) is 28.7 Å². The number of sulfone groups is 1. The Morgan fingerprint density at radius 1 is 0.970 bits per heavy atom. The molecule has 0 aliphatic carbocycles. The first-order valence-electron chi connectivity index (χ1n) is 11.1. The van der Waals surface area contributed by atoms with E-state index in [9.17, 15) is 8.42 Å². The lowest BCUT2D eigenvalue weighted by atomic mass is 10.2. The van der Waals surface area contributed by atoms with E-state index in [4.69, 9.17) is 20.4 Å². The van der Waals surface area contributed by atoms with Gasteiger partial charge in [-0.25, -0.2) is 18.4 Å². The third-order valence-electron chi connectivity index (χ3n) is 6.11. The molecule has 1 aliphatic heterocycles. The summed E-state index contributed by atoms with van der Waals surface area (Å²) in [6.45, 7) is 6.64. The van der Waals surface area contributed by atoms with Crippen LogP contribution in [0.15, 0.2) is 58.3 Å². The number of aromatic nitrogens is 3. The summed E-state index contributed by atoms with van der Waals surface area (Å²) in [7, 11) is -3.88. The maximum absolute atomic E-state index is 13.7. The fraction of sp³-hybridized carbons (Fsp3) is 0.333. The van der Waals surface area contributed by atoms with Crippen LogP contribution in [0.3, 0.4) is 0 Å². The highest BCUT2D eigenvalue weighted by atomic mass is 32.2. The summed E-state index contributed by atoms with van der Waals surface area (Å²) in [4.78, 5) is 12.0. The number of nitrogens with two attached hydrogens (primary N) is 1. The van der Waals surface area contributed by atoms with Gasteiger partial charge in [-0.3, -0.25) is 4.90 Å². The molecule has 0 spiro atoms. The molecular weight excluding hydrogens is 438 g/mol. The fourth-order valence-corrected chi connectivity index (χ4v) is 5.80. The van der Waals surface area contributed by atoms with Gasteiger partial charge in [0.25, 0.3) is 0 Å². The molecule has 1 saturated heterocycles. The van der Waals surface area contributed by atoms with Gasteiger partial charge in [0, 0.05) is 26.2 Å². The van der Waals surface area contributed by atoms with Gasteiger partial charge in [-0.05, 0) is 37.6 Å². The van der Waals surface area contributed by atoms with Crippen LogP contribution in [0.4, 0.5) is 5.82 Å². The third kappa shape index (κ3) is 4.07. The van der Waals surface area contributed by atoms with Gasteiger partial charge >= 0.3 is 0 Å². The summed E-state index contributed by atoms with van der Waals surface area (Å²) in [6.07, 6.45) is 0.812. The molecule has 9 heteroatoms. The van der Waals surface area contributed by atoms with Gasteiger partial charge in [-0.1, -0.05) is 29.8 Å². The SMILES string of the molecule is Cc1ccc(S(=O)(=O)c2c(N)n(CCCN3CCOCC3)c3nc4ccccc4nc23)cc1. The van der Waals surface area contributed by atoms with Crippen molar-refractivity contribution < 1.29 is 13.2 Å². The van der Waals surface area contributed by atoms with Crippen molar-refractivity contribution in [1.29, 1.82) is 0 Å². The number of anilines is 1. The van der Waals surface area contributed by atoms with Crippen LogP contribution in [-0.4, -0.2) is 60.7 Å². The second-order valence-electron chi connectivity index (χ2n) is 8.37. The van der Waals surface area contributed by atoms with Gasteiger partial charge in [0.15, 0.2) is 5.65 Å². The van der Waals surface area contributed by atoms with Crippen molar-refractivity contribution in [3.63, 3.8) is 0 Å². The Bertz CT molecular complexity index is 1410. The monoisotopic (exact) mass is 465 g/mol. The average molecular weight is 466 g/mol. The van der Waals surface area contributed by atoms with E-state index in [1.807, 2.05) is 31.2 Å². The van der Waals surface area contributed by atoms with E-state index in [1.165, 1.54) is 0 Å². The molecule has 0 radical (unpaired) electrons. The van der Waals surface area contributed by atoms with Gasteiger partial charge in [0.2, 0.25) is 9.84 Å². The fourth-order valence-electron chi connectivity index (χ4n) is 4.29. The quantitative estimate of drug-likeness (QED) is 0.467. The molecule has 2 aromatic heterocycles. The number of fused-ring (bicyclic) bond motifs is 2. The van der Waals surface area contributed by atoms with E-state index in [0.717, 1.165) is 44.8 Å². The molecule has 0 saturated carbocycles. The minimum atomic E-state index is -3.88. The van der Waals surface area contributed by atoms with Crippen molar-refractivity contribution in [3.8, 4) is 0 Å². The molecule has 1 aliphatic rings. The molecule has 172 valence electrons. The van der Waals surface area contributed by atoms with Crippen LogP contribution in [0.2, 0.25) is 0 Å². The predicted octanol–water partition coefficient (Wildman–Crippen LogP) is 3.03. The molecule has 3 heterocycles. The predicted molar refractivity (Wildman–Crippen MR) is 128 cm³/mol. The molecule has 8 nitrogen and oxygen atoms in total. The van der Waals surface area contributed by atoms with Crippen LogP contribution < -0.4 is 5.73 Å². The summed E-state index contributed by atoms with van der Waals surface area (Å²) in [5.41, 5.74) is 9.66.